The van der Waals surface area contributed by atoms with E-state index in [0.717, 1.165) is 10.9 Å². The van der Waals surface area contributed by atoms with Gasteiger partial charge in [-0.15, -0.1) is 0 Å². The minimum Gasteiger partial charge on any atom is -0.278 e. The van der Waals surface area contributed by atoms with Crippen molar-refractivity contribution in [2.45, 2.75) is 0 Å². The SMILES string of the molecule is [N-]=[N+]=Nc1cccc2[nH]ncc12. The molecule has 0 aliphatic carbocycles. The van der Waals surface area contributed by atoms with Gasteiger partial charge in [0.05, 0.1) is 11.7 Å². The Balaban J connectivity index is 2.81. The highest BCUT2D eigenvalue weighted by molar-refractivity contribution is 5.89. The van der Waals surface area contributed by atoms with Crippen molar-refractivity contribution in [1.82, 2.24) is 10.2 Å². The molecule has 1 heterocycles. The average molecular weight is 159 g/mol. The van der Waals surface area contributed by atoms with Gasteiger partial charge in [0.2, 0.25) is 0 Å². The highest BCUT2D eigenvalue weighted by Gasteiger charge is 1.98. The normalized spacial score (nSPS) is 9.67. The van der Waals surface area contributed by atoms with Crippen molar-refractivity contribution in [3.05, 3.63) is 34.8 Å². The summed E-state index contributed by atoms with van der Waals surface area (Å²) >= 11 is 0. The van der Waals surface area contributed by atoms with Crippen LogP contribution in [0.25, 0.3) is 21.3 Å². The van der Waals surface area contributed by atoms with Gasteiger partial charge in [-0.25, -0.2) is 0 Å². The lowest BCUT2D eigenvalue weighted by Crippen LogP contribution is -1.66. The number of nitrogens with zero attached hydrogens (tertiary/aromatic N) is 4. The number of aromatic amines is 1. The number of nitrogens with one attached hydrogen (secondary N) is 1. The van der Waals surface area contributed by atoms with Crippen molar-refractivity contribution in [1.29, 1.82) is 0 Å². The first-order chi connectivity index (χ1) is 5.92. The first-order valence-electron chi connectivity index (χ1n) is 3.39. The van der Waals surface area contributed by atoms with Crippen LogP contribution in [0.3, 0.4) is 0 Å². The number of aromatic nitrogens is 2. The molecule has 0 radical (unpaired) electrons. The topological polar surface area (TPSA) is 77.4 Å². The van der Waals surface area contributed by atoms with Crippen molar-refractivity contribution >= 4 is 16.6 Å². The number of rotatable bonds is 1. The van der Waals surface area contributed by atoms with Crippen LogP contribution in [0, 0.1) is 0 Å². The third-order valence-corrected chi connectivity index (χ3v) is 1.61. The monoisotopic (exact) mass is 159 g/mol. The van der Waals surface area contributed by atoms with Crippen molar-refractivity contribution < 1.29 is 0 Å². The number of benzene rings is 1. The molecule has 0 aliphatic heterocycles. The average Bonchev–Trinajstić information content (AvgIpc) is 2.53. The van der Waals surface area contributed by atoms with Gasteiger partial charge in [0.25, 0.3) is 0 Å². The molecule has 1 aromatic carbocycles. The van der Waals surface area contributed by atoms with Crippen molar-refractivity contribution in [2.75, 3.05) is 0 Å². The minimum atomic E-state index is 0.601. The van der Waals surface area contributed by atoms with E-state index in [-0.39, 0.29) is 0 Å². The van der Waals surface area contributed by atoms with Gasteiger partial charge in [0.15, 0.2) is 0 Å². The first kappa shape index (κ1) is 6.69. The smallest absolute Gasteiger partial charge is 0.0654 e. The lowest BCUT2D eigenvalue weighted by atomic mass is 10.2. The van der Waals surface area contributed by atoms with E-state index in [1.165, 1.54) is 0 Å². The zero-order chi connectivity index (χ0) is 8.39. The summed E-state index contributed by atoms with van der Waals surface area (Å²) in [6, 6.07) is 5.43. The summed E-state index contributed by atoms with van der Waals surface area (Å²) in [5.74, 6) is 0. The highest BCUT2D eigenvalue weighted by atomic mass is 15.1. The molecule has 0 fully saturated rings. The zero-order valence-corrected chi connectivity index (χ0v) is 6.10. The van der Waals surface area contributed by atoms with Gasteiger partial charge in [-0.1, -0.05) is 17.2 Å². The molecule has 0 saturated heterocycles. The molecule has 0 amide bonds. The van der Waals surface area contributed by atoms with Crippen LogP contribution in [0.4, 0.5) is 5.69 Å². The second-order valence-electron chi connectivity index (χ2n) is 2.30. The molecule has 1 N–H and O–H groups in total. The Hall–Kier alpha value is -2.00. The van der Waals surface area contributed by atoms with Crippen molar-refractivity contribution in [3.63, 3.8) is 0 Å². The van der Waals surface area contributed by atoms with Gasteiger partial charge >= 0.3 is 0 Å². The Bertz CT molecular complexity index is 452. The molecule has 5 nitrogen and oxygen atoms in total. The summed E-state index contributed by atoms with van der Waals surface area (Å²) in [6.45, 7) is 0. The Morgan fingerprint density at radius 3 is 3.25 bits per heavy atom. The molecule has 0 spiro atoms. The lowest BCUT2D eigenvalue weighted by molar-refractivity contribution is 1.12. The Morgan fingerprint density at radius 1 is 1.50 bits per heavy atom. The molecular weight excluding hydrogens is 154 g/mol. The predicted molar refractivity (Wildman–Crippen MR) is 44.9 cm³/mol. The van der Waals surface area contributed by atoms with Gasteiger partial charge in [-0.05, 0) is 11.6 Å². The van der Waals surface area contributed by atoms with E-state index in [1.54, 1.807) is 12.3 Å². The molecule has 0 atom stereocenters. The third-order valence-electron chi connectivity index (χ3n) is 1.61. The van der Waals surface area contributed by atoms with Gasteiger partial charge in [0.1, 0.15) is 0 Å². The van der Waals surface area contributed by atoms with Crippen LogP contribution in [-0.2, 0) is 0 Å². The molecule has 1 aromatic heterocycles. The lowest BCUT2D eigenvalue weighted by Gasteiger charge is -1.91. The van der Waals surface area contributed by atoms with Gasteiger partial charge in [-0.3, -0.25) is 5.10 Å². The van der Waals surface area contributed by atoms with E-state index in [0.29, 0.717) is 5.69 Å². The fraction of sp³-hybridized carbons (Fsp3) is 0. The summed E-state index contributed by atoms with van der Waals surface area (Å²) in [7, 11) is 0. The molecule has 0 unspecified atom stereocenters. The van der Waals surface area contributed by atoms with Crippen LogP contribution in [0.1, 0.15) is 0 Å². The molecule has 0 aliphatic rings. The fourth-order valence-electron chi connectivity index (χ4n) is 1.09. The maximum absolute atomic E-state index is 8.24. The summed E-state index contributed by atoms with van der Waals surface area (Å²) in [4.78, 5) is 2.72. The number of azide groups is 1. The largest absolute Gasteiger partial charge is 0.278 e. The minimum absolute atomic E-state index is 0.601. The van der Waals surface area contributed by atoms with Gasteiger partial charge < -0.3 is 0 Å². The number of hydrogen-bond acceptors (Lipinski definition) is 2. The molecule has 2 rings (SSSR count). The summed E-state index contributed by atoms with van der Waals surface area (Å²) in [6.07, 6.45) is 1.64. The van der Waals surface area contributed by atoms with Gasteiger partial charge in [0, 0.05) is 16.0 Å². The molecule has 2 aromatic rings. The summed E-state index contributed by atoms with van der Waals surface area (Å²) < 4.78 is 0. The highest BCUT2D eigenvalue weighted by Crippen LogP contribution is 2.23. The Morgan fingerprint density at radius 2 is 2.42 bits per heavy atom. The maximum atomic E-state index is 8.24. The van der Waals surface area contributed by atoms with E-state index < -0.39 is 0 Å². The zero-order valence-electron chi connectivity index (χ0n) is 6.10. The Kier molecular flexibility index (Phi) is 1.43. The van der Waals surface area contributed by atoms with Crippen LogP contribution in [0.15, 0.2) is 29.5 Å². The standard InChI is InChI=1S/C7H5N5/c8-12-11-7-3-1-2-6-5(7)4-9-10-6/h1-4H,(H,9,10). The first-order valence-corrected chi connectivity index (χ1v) is 3.39. The van der Waals surface area contributed by atoms with E-state index in [2.05, 4.69) is 20.2 Å². The van der Waals surface area contributed by atoms with Crippen LogP contribution < -0.4 is 0 Å². The number of hydrogen-bond donors (Lipinski definition) is 1. The number of fused-ring (bicyclic) bond motifs is 1. The fourth-order valence-corrected chi connectivity index (χ4v) is 1.09. The third kappa shape index (κ3) is 0.889. The molecule has 12 heavy (non-hydrogen) atoms. The Labute approximate surface area is 67.6 Å². The van der Waals surface area contributed by atoms with E-state index >= 15 is 0 Å². The summed E-state index contributed by atoms with van der Waals surface area (Å²) in [5, 5.41) is 11.0. The molecule has 5 heteroatoms. The van der Waals surface area contributed by atoms with E-state index in [1.807, 2.05) is 12.1 Å². The van der Waals surface area contributed by atoms with Crippen molar-refractivity contribution in [2.24, 2.45) is 5.11 Å². The molecule has 58 valence electrons. The van der Waals surface area contributed by atoms with E-state index in [9.17, 15) is 0 Å². The maximum Gasteiger partial charge on any atom is 0.0654 e. The van der Waals surface area contributed by atoms with Crippen LogP contribution in [0.2, 0.25) is 0 Å². The molecule has 0 saturated carbocycles. The van der Waals surface area contributed by atoms with Crippen LogP contribution >= 0.6 is 0 Å². The van der Waals surface area contributed by atoms with Crippen molar-refractivity contribution in [3.8, 4) is 0 Å². The second kappa shape index (κ2) is 2.56. The summed E-state index contributed by atoms with van der Waals surface area (Å²) in [5.41, 5.74) is 9.72. The van der Waals surface area contributed by atoms with E-state index in [4.69, 9.17) is 5.53 Å². The molecular formula is C7H5N5. The predicted octanol–water partition coefficient (Wildman–Crippen LogP) is 2.50. The van der Waals surface area contributed by atoms with Crippen LogP contribution in [-0.4, -0.2) is 10.2 Å². The second-order valence-corrected chi connectivity index (χ2v) is 2.30. The van der Waals surface area contributed by atoms with Crippen LogP contribution in [0.5, 0.6) is 0 Å². The number of H-pyrrole nitrogens is 1. The molecule has 0 bridgehead atoms. The quantitative estimate of drug-likeness (QED) is 0.387. The van der Waals surface area contributed by atoms with Gasteiger partial charge in [-0.2, -0.15) is 5.10 Å².